The van der Waals surface area contributed by atoms with Gasteiger partial charge in [-0.15, -0.1) is 0 Å². The highest BCUT2D eigenvalue weighted by atomic mass is 35.5. The number of carbonyl (C=O) groups excluding carboxylic acids is 1. The standard InChI is InChI=1S/C13H18ClN3O.C11H13N3/c1-16-5-3-11(4-6-16)17(2)13-12(14)7-10(9-18)8-15-13;1-13-7-8-2-3-10-9(6-8)4-5-14-11(10)12/h7-9,11H,3-6H2,1-2H3;2-6,13H,7H2,1H3,(H2,12,14). The van der Waals surface area contributed by atoms with Gasteiger partial charge in [0, 0.05) is 43.0 Å². The molecule has 0 saturated carbocycles. The molecule has 0 aliphatic carbocycles. The van der Waals surface area contributed by atoms with Crippen molar-refractivity contribution in [1.29, 1.82) is 0 Å². The Balaban J connectivity index is 0.000000186. The summed E-state index contributed by atoms with van der Waals surface area (Å²) in [6.45, 7) is 3.07. The molecule has 0 radical (unpaired) electrons. The first-order valence-electron chi connectivity index (χ1n) is 10.7. The van der Waals surface area contributed by atoms with Crippen LogP contribution >= 0.6 is 11.6 Å². The average molecular weight is 455 g/mol. The van der Waals surface area contributed by atoms with E-state index >= 15 is 0 Å². The van der Waals surface area contributed by atoms with Crippen LogP contribution in [-0.4, -0.2) is 61.4 Å². The number of aromatic nitrogens is 2. The predicted octanol–water partition coefficient (Wildman–Crippen LogP) is 3.61. The summed E-state index contributed by atoms with van der Waals surface area (Å²) in [5.41, 5.74) is 7.52. The Morgan fingerprint density at radius 1 is 1.25 bits per heavy atom. The number of piperidine rings is 1. The summed E-state index contributed by atoms with van der Waals surface area (Å²) in [5.74, 6) is 1.36. The molecule has 3 N–H and O–H groups in total. The first-order chi connectivity index (χ1) is 15.4. The molecule has 1 aliphatic rings. The fourth-order valence-corrected chi connectivity index (χ4v) is 4.20. The van der Waals surface area contributed by atoms with Crippen LogP contribution in [0.1, 0.15) is 28.8 Å². The zero-order chi connectivity index (χ0) is 23.1. The number of hydrogen-bond acceptors (Lipinski definition) is 7. The van der Waals surface area contributed by atoms with E-state index in [0.717, 1.165) is 55.4 Å². The normalized spacial score (nSPS) is 14.6. The first kappa shape index (κ1) is 23.9. The lowest BCUT2D eigenvalue weighted by molar-refractivity contribution is 0.112. The van der Waals surface area contributed by atoms with Crippen molar-refractivity contribution >= 4 is 40.3 Å². The number of hydrogen-bond donors (Lipinski definition) is 2. The van der Waals surface area contributed by atoms with Crippen LogP contribution < -0.4 is 16.0 Å². The number of aldehydes is 1. The molecule has 4 rings (SSSR count). The molecular formula is C24H31ClN6O. The minimum atomic E-state index is 0.466. The van der Waals surface area contributed by atoms with Gasteiger partial charge >= 0.3 is 0 Å². The number of fused-ring (bicyclic) bond motifs is 1. The summed E-state index contributed by atoms with van der Waals surface area (Å²) in [7, 11) is 6.09. The number of pyridine rings is 2. The highest BCUT2D eigenvalue weighted by Gasteiger charge is 2.22. The summed E-state index contributed by atoms with van der Waals surface area (Å²) in [5, 5.41) is 5.82. The number of anilines is 2. The van der Waals surface area contributed by atoms with Crippen molar-refractivity contribution in [2.24, 2.45) is 0 Å². The molecule has 0 unspecified atom stereocenters. The van der Waals surface area contributed by atoms with Crippen LogP contribution in [0.3, 0.4) is 0 Å². The summed E-state index contributed by atoms with van der Waals surface area (Å²) in [4.78, 5) is 23.5. The van der Waals surface area contributed by atoms with E-state index in [2.05, 4.69) is 44.3 Å². The van der Waals surface area contributed by atoms with Crippen molar-refractivity contribution < 1.29 is 4.79 Å². The van der Waals surface area contributed by atoms with Gasteiger partial charge in [0.15, 0.2) is 6.29 Å². The third-order valence-corrected chi connectivity index (χ3v) is 6.07. The van der Waals surface area contributed by atoms with Crippen molar-refractivity contribution in [3.63, 3.8) is 0 Å². The van der Waals surface area contributed by atoms with Gasteiger partial charge in [-0.25, -0.2) is 9.97 Å². The molecule has 1 saturated heterocycles. The van der Waals surface area contributed by atoms with Crippen LogP contribution in [0, 0.1) is 0 Å². The molecule has 0 atom stereocenters. The molecule has 2 aromatic heterocycles. The van der Waals surface area contributed by atoms with Crippen molar-refractivity contribution in [1.82, 2.24) is 20.2 Å². The third-order valence-electron chi connectivity index (χ3n) is 5.79. The second kappa shape index (κ2) is 11.2. The Labute approximate surface area is 194 Å². The van der Waals surface area contributed by atoms with Crippen LogP contribution in [0.5, 0.6) is 0 Å². The highest BCUT2D eigenvalue weighted by Crippen LogP contribution is 2.27. The summed E-state index contributed by atoms with van der Waals surface area (Å²) in [6, 6.07) is 10.3. The Hall–Kier alpha value is -2.74. The largest absolute Gasteiger partial charge is 0.383 e. The van der Waals surface area contributed by atoms with Crippen molar-refractivity contribution in [2.75, 3.05) is 44.9 Å². The smallest absolute Gasteiger partial charge is 0.151 e. The van der Waals surface area contributed by atoms with E-state index in [9.17, 15) is 4.79 Å². The topological polar surface area (TPSA) is 87.4 Å². The molecule has 1 aliphatic heterocycles. The molecule has 8 heteroatoms. The molecule has 7 nitrogen and oxygen atoms in total. The third kappa shape index (κ3) is 5.94. The number of nitrogens with one attached hydrogen (secondary N) is 1. The lowest BCUT2D eigenvalue weighted by Gasteiger charge is -2.36. The quantitative estimate of drug-likeness (QED) is 0.569. The SMILES string of the molecule is CN1CCC(N(C)c2ncc(C=O)cc2Cl)CC1.CNCc1ccc2c(N)nccc2c1. The predicted molar refractivity (Wildman–Crippen MR) is 132 cm³/mol. The molecule has 32 heavy (non-hydrogen) atoms. The number of nitrogen functional groups attached to an aromatic ring is 1. The van der Waals surface area contributed by atoms with Crippen LogP contribution in [-0.2, 0) is 6.54 Å². The van der Waals surface area contributed by atoms with Crippen LogP contribution in [0.15, 0.2) is 42.7 Å². The lowest BCUT2D eigenvalue weighted by Crippen LogP contribution is -2.42. The molecule has 0 spiro atoms. The van der Waals surface area contributed by atoms with Gasteiger partial charge < -0.3 is 20.9 Å². The van der Waals surface area contributed by atoms with Gasteiger partial charge in [0.2, 0.25) is 0 Å². The zero-order valence-electron chi connectivity index (χ0n) is 18.9. The maximum atomic E-state index is 10.7. The molecule has 3 heterocycles. The number of rotatable bonds is 5. The number of benzene rings is 1. The molecule has 1 fully saturated rings. The summed E-state index contributed by atoms with van der Waals surface area (Å²) in [6.07, 6.45) is 6.29. The van der Waals surface area contributed by atoms with E-state index in [1.807, 2.05) is 26.2 Å². The fourth-order valence-electron chi connectivity index (χ4n) is 3.89. The van der Waals surface area contributed by atoms with Crippen molar-refractivity contribution in [3.8, 4) is 0 Å². The van der Waals surface area contributed by atoms with Gasteiger partial charge in [0.1, 0.15) is 11.6 Å². The molecule has 3 aromatic rings. The van der Waals surface area contributed by atoms with Gasteiger partial charge in [0.25, 0.3) is 0 Å². The molecule has 170 valence electrons. The average Bonchev–Trinajstić information content (AvgIpc) is 2.80. The molecule has 0 amide bonds. The first-order valence-corrected chi connectivity index (χ1v) is 11.1. The van der Waals surface area contributed by atoms with Crippen LogP contribution in [0.25, 0.3) is 10.8 Å². The summed E-state index contributed by atoms with van der Waals surface area (Å²) < 4.78 is 0. The Bertz CT molecular complexity index is 1050. The van der Waals surface area contributed by atoms with E-state index in [1.165, 1.54) is 5.56 Å². The van der Waals surface area contributed by atoms with Crippen molar-refractivity contribution in [3.05, 3.63) is 58.9 Å². The molecule has 0 bridgehead atoms. The number of halogens is 1. The van der Waals surface area contributed by atoms with Crippen LogP contribution in [0.2, 0.25) is 5.02 Å². The molecular weight excluding hydrogens is 424 g/mol. The van der Waals surface area contributed by atoms with Gasteiger partial charge in [-0.05, 0) is 69.2 Å². The highest BCUT2D eigenvalue weighted by molar-refractivity contribution is 6.33. The lowest BCUT2D eigenvalue weighted by atomic mass is 10.0. The number of nitrogens with zero attached hydrogens (tertiary/aromatic N) is 4. The monoisotopic (exact) mass is 454 g/mol. The van der Waals surface area contributed by atoms with E-state index < -0.39 is 0 Å². The van der Waals surface area contributed by atoms with E-state index in [-0.39, 0.29) is 0 Å². The van der Waals surface area contributed by atoms with Crippen molar-refractivity contribution in [2.45, 2.75) is 25.4 Å². The molecule has 1 aromatic carbocycles. The number of likely N-dealkylation sites (tertiary alicyclic amines) is 1. The van der Waals surface area contributed by atoms with E-state index in [4.69, 9.17) is 17.3 Å². The fraction of sp³-hybridized carbons (Fsp3) is 0.375. The van der Waals surface area contributed by atoms with Gasteiger partial charge in [-0.3, -0.25) is 4.79 Å². The second-order valence-electron chi connectivity index (χ2n) is 8.12. The minimum absolute atomic E-state index is 0.466. The Morgan fingerprint density at radius 2 is 2.00 bits per heavy atom. The van der Waals surface area contributed by atoms with E-state index in [0.29, 0.717) is 22.4 Å². The number of carbonyl (C=O) groups is 1. The number of nitrogens with two attached hydrogens (primary N) is 1. The maximum Gasteiger partial charge on any atom is 0.151 e. The zero-order valence-corrected chi connectivity index (χ0v) is 19.6. The van der Waals surface area contributed by atoms with Crippen LogP contribution in [0.4, 0.5) is 11.6 Å². The maximum absolute atomic E-state index is 10.7. The Morgan fingerprint density at radius 3 is 2.66 bits per heavy atom. The summed E-state index contributed by atoms with van der Waals surface area (Å²) >= 11 is 6.18. The van der Waals surface area contributed by atoms with Gasteiger partial charge in [-0.1, -0.05) is 23.7 Å². The van der Waals surface area contributed by atoms with E-state index in [1.54, 1.807) is 18.5 Å². The minimum Gasteiger partial charge on any atom is -0.383 e. The van der Waals surface area contributed by atoms with Gasteiger partial charge in [-0.2, -0.15) is 0 Å². The second-order valence-corrected chi connectivity index (χ2v) is 8.53. The van der Waals surface area contributed by atoms with Gasteiger partial charge in [0.05, 0.1) is 5.02 Å². The Kier molecular flexibility index (Phi) is 8.39.